The van der Waals surface area contributed by atoms with E-state index in [9.17, 15) is 14.4 Å². The number of benzene rings is 2. The normalized spacial score (nSPS) is 10.0. The molecule has 0 bridgehead atoms. The maximum absolute atomic E-state index is 12.0. The molecule has 6 nitrogen and oxygen atoms in total. The van der Waals surface area contributed by atoms with Crippen molar-refractivity contribution in [3.05, 3.63) is 59.7 Å². The molecular formula is C19H20N2O4. The maximum Gasteiger partial charge on any atom is 0.337 e. The molecule has 2 aromatic rings. The van der Waals surface area contributed by atoms with Gasteiger partial charge in [0.05, 0.1) is 12.7 Å². The molecule has 6 heteroatoms. The number of Topliss-reactive ketones (excluding diaryl/α,β-unsaturated/α-hetero) is 1. The number of ether oxygens (including phenoxy) is 1. The van der Waals surface area contributed by atoms with E-state index in [0.29, 0.717) is 23.4 Å². The Morgan fingerprint density at radius 3 is 2.28 bits per heavy atom. The molecule has 0 saturated carbocycles. The maximum atomic E-state index is 12.0. The Labute approximate surface area is 146 Å². The van der Waals surface area contributed by atoms with Crippen molar-refractivity contribution in [2.75, 3.05) is 24.3 Å². The fourth-order valence-electron chi connectivity index (χ4n) is 2.23. The van der Waals surface area contributed by atoms with E-state index in [1.165, 1.54) is 14.0 Å². The van der Waals surface area contributed by atoms with E-state index < -0.39 is 5.97 Å². The van der Waals surface area contributed by atoms with E-state index in [2.05, 4.69) is 15.4 Å². The largest absolute Gasteiger partial charge is 0.465 e. The van der Waals surface area contributed by atoms with Crippen LogP contribution in [0, 0.1) is 0 Å². The number of esters is 1. The van der Waals surface area contributed by atoms with Crippen LogP contribution in [-0.2, 0) is 9.53 Å². The number of anilines is 2. The smallest absolute Gasteiger partial charge is 0.337 e. The summed E-state index contributed by atoms with van der Waals surface area (Å²) in [6.07, 6.45) is 0.243. The Bertz CT molecular complexity index is 786. The number of carbonyl (C=O) groups excluding carboxylic acids is 3. The Morgan fingerprint density at radius 1 is 0.960 bits per heavy atom. The van der Waals surface area contributed by atoms with Gasteiger partial charge in [0.25, 0.3) is 0 Å². The van der Waals surface area contributed by atoms with Crippen molar-refractivity contribution >= 4 is 29.0 Å². The van der Waals surface area contributed by atoms with E-state index in [1.807, 2.05) is 6.07 Å². The number of rotatable bonds is 7. The average molecular weight is 340 g/mol. The van der Waals surface area contributed by atoms with Gasteiger partial charge >= 0.3 is 5.97 Å². The number of nitrogens with one attached hydrogen (secondary N) is 2. The summed E-state index contributed by atoms with van der Waals surface area (Å²) >= 11 is 0. The molecular weight excluding hydrogens is 320 g/mol. The topological polar surface area (TPSA) is 84.5 Å². The molecule has 0 spiro atoms. The Kier molecular flexibility index (Phi) is 6.28. The second kappa shape index (κ2) is 8.63. The molecule has 130 valence electrons. The zero-order valence-electron chi connectivity index (χ0n) is 14.2. The summed E-state index contributed by atoms with van der Waals surface area (Å²) in [5.74, 6) is -0.646. The number of carbonyl (C=O) groups is 3. The van der Waals surface area contributed by atoms with Crippen molar-refractivity contribution in [2.24, 2.45) is 0 Å². The van der Waals surface area contributed by atoms with Crippen molar-refractivity contribution in [3.8, 4) is 0 Å². The van der Waals surface area contributed by atoms with Crippen LogP contribution in [0.4, 0.5) is 11.4 Å². The molecule has 0 radical (unpaired) electrons. The predicted molar refractivity (Wildman–Crippen MR) is 96.0 cm³/mol. The van der Waals surface area contributed by atoms with E-state index in [-0.39, 0.29) is 18.1 Å². The third-order valence-corrected chi connectivity index (χ3v) is 3.52. The number of hydrogen-bond acceptors (Lipinski definition) is 5. The first-order valence-electron chi connectivity index (χ1n) is 7.82. The molecule has 1 amide bonds. The third kappa shape index (κ3) is 5.46. The molecule has 0 aromatic heterocycles. The highest BCUT2D eigenvalue weighted by Crippen LogP contribution is 2.13. The fraction of sp³-hybridized carbons (Fsp3) is 0.211. The summed E-state index contributed by atoms with van der Waals surface area (Å²) in [5.41, 5.74) is 2.31. The first-order valence-corrected chi connectivity index (χ1v) is 7.82. The molecule has 0 fully saturated rings. The van der Waals surface area contributed by atoms with E-state index in [0.717, 1.165) is 5.69 Å². The Balaban J connectivity index is 1.86. The zero-order chi connectivity index (χ0) is 18.2. The van der Waals surface area contributed by atoms with E-state index in [4.69, 9.17) is 0 Å². The molecule has 0 saturated heterocycles. The van der Waals surface area contributed by atoms with Gasteiger partial charge in [-0.25, -0.2) is 4.79 Å². The van der Waals surface area contributed by atoms with Gasteiger partial charge in [-0.2, -0.15) is 0 Å². The second-order valence-electron chi connectivity index (χ2n) is 5.43. The van der Waals surface area contributed by atoms with Crippen molar-refractivity contribution in [1.82, 2.24) is 0 Å². The van der Waals surface area contributed by atoms with Gasteiger partial charge in [-0.1, -0.05) is 18.2 Å². The lowest BCUT2D eigenvalue weighted by atomic mass is 10.1. The quantitative estimate of drug-likeness (QED) is 0.597. The number of methoxy groups -OCH3 is 1. The zero-order valence-corrected chi connectivity index (χ0v) is 14.2. The minimum absolute atomic E-state index is 0.00752. The molecule has 2 aromatic carbocycles. The van der Waals surface area contributed by atoms with Crippen LogP contribution in [0.1, 0.15) is 34.1 Å². The molecule has 25 heavy (non-hydrogen) atoms. The monoisotopic (exact) mass is 340 g/mol. The van der Waals surface area contributed by atoms with Crippen molar-refractivity contribution in [2.45, 2.75) is 13.3 Å². The first-order chi connectivity index (χ1) is 12.0. The number of amides is 1. The lowest BCUT2D eigenvalue weighted by Gasteiger charge is -2.09. The van der Waals surface area contributed by atoms with Crippen molar-refractivity contribution in [1.29, 1.82) is 0 Å². The van der Waals surface area contributed by atoms with Crippen molar-refractivity contribution in [3.63, 3.8) is 0 Å². The van der Waals surface area contributed by atoms with Gasteiger partial charge in [0.1, 0.15) is 0 Å². The molecule has 0 aliphatic heterocycles. The Morgan fingerprint density at radius 2 is 1.60 bits per heavy atom. The van der Waals surface area contributed by atoms with Crippen LogP contribution in [0.2, 0.25) is 0 Å². The highest BCUT2D eigenvalue weighted by molar-refractivity contribution is 5.95. The van der Waals surface area contributed by atoms with Crippen LogP contribution in [0.25, 0.3) is 0 Å². The van der Waals surface area contributed by atoms with Gasteiger partial charge in [0, 0.05) is 29.9 Å². The van der Waals surface area contributed by atoms with Crippen molar-refractivity contribution < 1.29 is 19.1 Å². The molecule has 2 rings (SSSR count). The second-order valence-corrected chi connectivity index (χ2v) is 5.43. The highest BCUT2D eigenvalue weighted by atomic mass is 16.5. The number of hydrogen-bond donors (Lipinski definition) is 2. The summed E-state index contributed by atoms with van der Waals surface area (Å²) in [5, 5.41) is 5.84. The lowest BCUT2D eigenvalue weighted by Crippen LogP contribution is -2.16. The molecule has 0 heterocycles. The summed E-state index contributed by atoms with van der Waals surface area (Å²) in [4.78, 5) is 34.8. The fourth-order valence-corrected chi connectivity index (χ4v) is 2.23. The highest BCUT2D eigenvalue weighted by Gasteiger charge is 2.08. The van der Waals surface area contributed by atoms with Gasteiger partial charge in [-0.05, 0) is 37.3 Å². The van der Waals surface area contributed by atoms with Crippen LogP contribution >= 0.6 is 0 Å². The summed E-state index contributed by atoms with van der Waals surface area (Å²) < 4.78 is 4.65. The van der Waals surface area contributed by atoms with Crippen LogP contribution in [0.5, 0.6) is 0 Å². The third-order valence-electron chi connectivity index (χ3n) is 3.52. The molecule has 0 aliphatic rings. The summed E-state index contributed by atoms with van der Waals surface area (Å²) in [6.45, 7) is 1.93. The van der Waals surface area contributed by atoms with Gasteiger partial charge in [0.2, 0.25) is 5.91 Å². The SMILES string of the molecule is COC(=O)c1cccc(NC(=O)CCNc2cccc(C(C)=O)c2)c1. The number of ketones is 1. The minimum Gasteiger partial charge on any atom is -0.465 e. The predicted octanol–water partition coefficient (Wildman–Crippen LogP) is 3.12. The van der Waals surface area contributed by atoms with Crippen LogP contribution in [0.15, 0.2) is 48.5 Å². The van der Waals surface area contributed by atoms with Crippen LogP contribution in [-0.4, -0.2) is 31.3 Å². The van der Waals surface area contributed by atoms with Crippen LogP contribution < -0.4 is 10.6 Å². The summed E-state index contributed by atoms with van der Waals surface area (Å²) in [7, 11) is 1.31. The molecule has 0 atom stereocenters. The van der Waals surface area contributed by atoms with Gasteiger partial charge in [0.15, 0.2) is 5.78 Å². The lowest BCUT2D eigenvalue weighted by molar-refractivity contribution is -0.115. The summed E-state index contributed by atoms with van der Waals surface area (Å²) in [6, 6.07) is 13.7. The van der Waals surface area contributed by atoms with E-state index in [1.54, 1.807) is 42.5 Å². The first kappa shape index (κ1) is 18.2. The van der Waals surface area contributed by atoms with Gasteiger partial charge < -0.3 is 15.4 Å². The molecule has 0 aliphatic carbocycles. The van der Waals surface area contributed by atoms with E-state index >= 15 is 0 Å². The van der Waals surface area contributed by atoms with Gasteiger partial charge in [-0.15, -0.1) is 0 Å². The van der Waals surface area contributed by atoms with Gasteiger partial charge in [-0.3, -0.25) is 9.59 Å². The standard InChI is InChI=1S/C19H20N2O4/c1-13(22)14-5-3-7-16(11-14)20-10-9-18(23)21-17-8-4-6-15(12-17)19(24)25-2/h3-8,11-12,20H,9-10H2,1-2H3,(H,21,23). The molecule has 2 N–H and O–H groups in total. The molecule has 0 unspecified atom stereocenters. The Hall–Kier alpha value is -3.15. The minimum atomic E-state index is -0.455. The van der Waals surface area contributed by atoms with Crippen LogP contribution in [0.3, 0.4) is 0 Å². The average Bonchev–Trinajstić information content (AvgIpc) is 2.61.